The molecule has 1 aromatic heterocycles. The van der Waals surface area contributed by atoms with Crippen molar-refractivity contribution in [3.05, 3.63) is 36.0 Å². The molecule has 0 radical (unpaired) electrons. The lowest BCUT2D eigenvalue weighted by Crippen LogP contribution is -2.27. The summed E-state index contributed by atoms with van der Waals surface area (Å²) in [7, 11) is 0. The van der Waals surface area contributed by atoms with Crippen molar-refractivity contribution in [2.45, 2.75) is 13.8 Å². The van der Waals surface area contributed by atoms with Crippen LogP contribution in [0.4, 0.5) is 4.79 Å². The van der Waals surface area contributed by atoms with Crippen LogP contribution >= 0.6 is 0 Å². The van der Waals surface area contributed by atoms with E-state index < -0.39 is 0 Å². The van der Waals surface area contributed by atoms with Gasteiger partial charge in [0, 0.05) is 18.1 Å². The highest BCUT2D eigenvalue weighted by Gasteiger charge is 2.09. The van der Waals surface area contributed by atoms with Crippen LogP contribution in [0, 0.1) is 6.92 Å². The van der Waals surface area contributed by atoms with E-state index in [1.54, 1.807) is 4.57 Å². The monoisotopic (exact) mass is 202 g/mol. The molecule has 0 aliphatic carbocycles. The lowest BCUT2D eigenvalue weighted by molar-refractivity contribution is 0.244. The van der Waals surface area contributed by atoms with Crippen LogP contribution in [0.5, 0.6) is 0 Å². The molecule has 0 aliphatic rings. The summed E-state index contributed by atoms with van der Waals surface area (Å²) >= 11 is 0. The minimum absolute atomic E-state index is 0.0678. The van der Waals surface area contributed by atoms with Gasteiger partial charge in [-0.3, -0.25) is 4.57 Å². The number of benzene rings is 1. The third-order valence-electron chi connectivity index (χ3n) is 2.46. The maximum absolute atomic E-state index is 11.7. The molecule has 0 bridgehead atoms. The standard InChI is InChI=1S/C12H14N2O/c1-3-13-12(15)14-8-9(2)10-6-4-5-7-11(10)14/h4-8H,3H2,1-2H3,(H,13,15). The Balaban J connectivity index is 2.57. The fourth-order valence-electron chi connectivity index (χ4n) is 1.75. The van der Waals surface area contributed by atoms with Gasteiger partial charge in [0.2, 0.25) is 0 Å². The molecular weight excluding hydrogens is 188 g/mol. The molecule has 1 aromatic carbocycles. The van der Waals surface area contributed by atoms with Gasteiger partial charge in [-0.15, -0.1) is 0 Å². The van der Waals surface area contributed by atoms with E-state index in [1.165, 1.54) is 0 Å². The van der Waals surface area contributed by atoms with Crippen molar-refractivity contribution in [1.29, 1.82) is 0 Å². The molecule has 2 aromatic rings. The third kappa shape index (κ3) is 1.61. The third-order valence-corrected chi connectivity index (χ3v) is 2.46. The molecule has 1 heterocycles. The van der Waals surface area contributed by atoms with E-state index in [2.05, 4.69) is 5.32 Å². The molecule has 0 spiro atoms. The second kappa shape index (κ2) is 3.77. The van der Waals surface area contributed by atoms with Crippen molar-refractivity contribution in [2.75, 3.05) is 6.54 Å². The summed E-state index contributed by atoms with van der Waals surface area (Å²) in [4.78, 5) is 11.7. The van der Waals surface area contributed by atoms with Gasteiger partial charge < -0.3 is 5.32 Å². The SMILES string of the molecule is CCNC(=O)n1cc(C)c2ccccc21. The highest BCUT2D eigenvalue weighted by molar-refractivity contribution is 5.93. The van der Waals surface area contributed by atoms with Crippen molar-refractivity contribution in [1.82, 2.24) is 9.88 Å². The first-order chi connectivity index (χ1) is 7.24. The number of hydrogen-bond donors (Lipinski definition) is 1. The van der Waals surface area contributed by atoms with Crippen LogP contribution < -0.4 is 5.32 Å². The van der Waals surface area contributed by atoms with Gasteiger partial charge in [-0.1, -0.05) is 18.2 Å². The van der Waals surface area contributed by atoms with Crippen LogP contribution in [0.25, 0.3) is 10.9 Å². The predicted molar refractivity (Wildman–Crippen MR) is 61.1 cm³/mol. The van der Waals surface area contributed by atoms with Gasteiger partial charge in [0.05, 0.1) is 5.52 Å². The van der Waals surface area contributed by atoms with E-state index >= 15 is 0 Å². The Kier molecular flexibility index (Phi) is 2.46. The molecule has 1 amide bonds. The highest BCUT2D eigenvalue weighted by Crippen LogP contribution is 2.19. The zero-order chi connectivity index (χ0) is 10.8. The maximum Gasteiger partial charge on any atom is 0.326 e. The first-order valence-corrected chi connectivity index (χ1v) is 5.09. The molecule has 2 rings (SSSR count). The summed E-state index contributed by atoms with van der Waals surface area (Å²) in [5, 5.41) is 3.92. The predicted octanol–water partition coefficient (Wildman–Crippen LogP) is 2.53. The van der Waals surface area contributed by atoms with Gasteiger partial charge in [-0.2, -0.15) is 0 Å². The minimum Gasteiger partial charge on any atom is -0.338 e. The summed E-state index contributed by atoms with van der Waals surface area (Å²) in [6.07, 6.45) is 1.87. The maximum atomic E-state index is 11.7. The molecule has 0 atom stereocenters. The lowest BCUT2D eigenvalue weighted by Gasteiger charge is -2.03. The number of para-hydroxylation sites is 1. The zero-order valence-electron chi connectivity index (χ0n) is 8.95. The molecule has 78 valence electrons. The fourth-order valence-corrected chi connectivity index (χ4v) is 1.75. The molecule has 3 heteroatoms. The average Bonchev–Trinajstić information content (AvgIpc) is 2.58. The number of nitrogens with zero attached hydrogens (tertiary/aromatic N) is 1. The molecule has 3 nitrogen and oxygen atoms in total. The number of amides is 1. The first kappa shape index (κ1) is 9.77. The molecule has 0 unspecified atom stereocenters. The Morgan fingerprint density at radius 2 is 2.13 bits per heavy atom. The molecule has 0 saturated heterocycles. The molecule has 0 aliphatic heterocycles. The topological polar surface area (TPSA) is 34.0 Å². The Morgan fingerprint density at radius 1 is 1.40 bits per heavy atom. The van der Waals surface area contributed by atoms with Crippen LogP contribution in [0.3, 0.4) is 0 Å². The minimum atomic E-state index is -0.0678. The van der Waals surface area contributed by atoms with Crippen LogP contribution in [0.1, 0.15) is 12.5 Å². The molecule has 15 heavy (non-hydrogen) atoms. The number of aryl methyl sites for hydroxylation is 1. The number of carbonyl (C=O) groups excluding carboxylic acids is 1. The van der Waals surface area contributed by atoms with Crippen LogP contribution in [0.15, 0.2) is 30.5 Å². The lowest BCUT2D eigenvalue weighted by atomic mass is 10.2. The Labute approximate surface area is 88.7 Å². The quantitative estimate of drug-likeness (QED) is 0.757. The van der Waals surface area contributed by atoms with Gasteiger partial charge in [-0.05, 0) is 25.5 Å². The van der Waals surface area contributed by atoms with E-state index in [0.717, 1.165) is 16.5 Å². The van der Waals surface area contributed by atoms with Crippen LogP contribution in [-0.4, -0.2) is 17.1 Å². The van der Waals surface area contributed by atoms with Crippen LogP contribution in [-0.2, 0) is 0 Å². The Bertz CT molecular complexity index is 499. The summed E-state index contributed by atoms with van der Waals surface area (Å²) in [6, 6.07) is 7.84. The van der Waals surface area contributed by atoms with Gasteiger partial charge in [0.1, 0.15) is 0 Å². The number of rotatable bonds is 1. The van der Waals surface area contributed by atoms with Crippen molar-refractivity contribution in [2.24, 2.45) is 0 Å². The molecule has 1 N–H and O–H groups in total. The molecule has 0 fully saturated rings. The summed E-state index contributed by atoms with van der Waals surface area (Å²) in [5.41, 5.74) is 2.08. The highest BCUT2D eigenvalue weighted by atomic mass is 16.2. The molecular formula is C12H14N2O. The summed E-state index contributed by atoms with van der Waals surface area (Å²) < 4.78 is 1.66. The summed E-state index contributed by atoms with van der Waals surface area (Å²) in [5.74, 6) is 0. The number of fused-ring (bicyclic) bond motifs is 1. The number of nitrogens with one attached hydrogen (secondary N) is 1. The number of aromatic nitrogens is 1. The fraction of sp³-hybridized carbons (Fsp3) is 0.250. The van der Waals surface area contributed by atoms with Crippen molar-refractivity contribution in [3.8, 4) is 0 Å². The van der Waals surface area contributed by atoms with Gasteiger partial charge in [0.25, 0.3) is 0 Å². The first-order valence-electron chi connectivity index (χ1n) is 5.09. The van der Waals surface area contributed by atoms with Crippen molar-refractivity contribution in [3.63, 3.8) is 0 Å². The number of carbonyl (C=O) groups is 1. The summed E-state index contributed by atoms with van der Waals surface area (Å²) in [6.45, 7) is 4.57. The average molecular weight is 202 g/mol. The largest absolute Gasteiger partial charge is 0.338 e. The van der Waals surface area contributed by atoms with Gasteiger partial charge >= 0.3 is 6.03 Å². The van der Waals surface area contributed by atoms with E-state index in [1.807, 2.05) is 44.3 Å². The smallest absolute Gasteiger partial charge is 0.326 e. The number of hydrogen-bond acceptors (Lipinski definition) is 1. The van der Waals surface area contributed by atoms with E-state index in [-0.39, 0.29) is 6.03 Å². The normalized spacial score (nSPS) is 10.5. The van der Waals surface area contributed by atoms with E-state index in [9.17, 15) is 4.79 Å². The van der Waals surface area contributed by atoms with Crippen molar-refractivity contribution >= 4 is 16.9 Å². The van der Waals surface area contributed by atoms with Gasteiger partial charge in [-0.25, -0.2) is 4.79 Å². The Hall–Kier alpha value is -1.77. The van der Waals surface area contributed by atoms with E-state index in [4.69, 9.17) is 0 Å². The second-order valence-corrected chi connectivity index (χ2v) is 3.53. The van der Waals surface area contributed by atoms with Gasteiger partial charge in [0.15, 0.2) is 0 Å². The second-order valence-electron chi connectivity index (χ2n) is 3.53. The van der Waals surface area contributed by atoms with E-state index in [0.29, 0.717) is 6.54 Å². The van der Waals surface area contributed by atoms with Crippen molar-refractivity contribution < 1.29 is 4.79 Å². The zero-order valence-corrected chi connectivity index (χ0v) is 8.95. The Morgan fingerprint density at radius 3 is 2.87 bits per heavy atom. The van der Waals surface area contributed by atoms with Crippen LogP contribution in [0.2, 0.25) is 0 Å². The molecule has 0 saturated carbocycles.